The van der Waals surface area contributed by atoms with Crippen molar-refractivity contribution in [1.29, 1.82) is 0 Å². The predicted octanol–water partition coefficient (Wildman–Crippen LogP) is 1.36. The summed E-state index contributed by atoms with van der Waals surface area (Å²) in [5, 5.41) is 15.5. The SMILES string of the molecule is CCn1nc(C)c([N+](=O)[O-])c1N1CC(C)C(C(=O)OC)C1. The van der Waals surface area contributed by atoms with Gasteiger partial charge in [-0.2, -0.15) is 5.10 Å². The van der Waals surface area contributed by atoms with Crippen molar-refractivity contribution in [2.75, 3.05) is 25.1 Å². The van der Waals surface area contributed by atoms with Crippen molar-refractivity contribution in [2.24, 2.45) is 11.8 Å². The van der Waals surface area contributed by atoms with Crippen LogP contribution in [0.4, 0.5) is 11.5 Å². The zero-order chi connectivity index (χ0) is 15.7. The van der Waals surface area contributed by atoms with E-state index in [1.807, 2.05) is 18.7 Å². The van der Waals surface area contributed by atoms with E-state index < -0.39 is 4.92 Å². The topological polar surface area (TPSA) is 90.5 Å². The number of hydrogen-bond acceptors (Lipinski definition) is 6. The molecular formula is C13H20N4O4. The van der Waals surface area contributed by atoms with E-state index in [0.29, 0.717) is 31.1 Å². The maximum Gasteiger partial charge on any atom is 0.333 e. The normalized spacial score (nSPS) is 21.6. The number of esters is 1. The fourth-order valence-electron chi connectivity index (χ4n) is 2.91. The molecule has 8 nitrogen and oxygen atoms in total. The van der Waals surface area contributed by atoms with Crippen LogP contribution in [0.2, 0.25) is 0 Å². The van der Waals surface area contributed by atoms with Crippen LogP contribution in [0.1, 0.15) is 19.5 Å². The van der Waals surface area contributed by atoms with Crippen LogP contribution < -0.4 is 4.90 Å². The first-order valence-electron chi connectivity index (χ1n) is 6.95. The molecule has 2 atom stereocenters. The molecule has 2 unspecified atom stereocenters. The fraction of sp³-hybridized carbons (Fsp3) is 0.692. The minimum atomic E-state index is -0.403. The van der Waals surface area contributed by atoms with Crippen molar-refractivity contribution in [2.45, 2.75) is 27.3 Å². The minimum absolute atomic E-state index is 0.0227. The number of ether oxygens (including phenoxy) is 1. The Bertz CT molecular complexity index is 569. The van der Waals surface area contributed by atoms with Gasteiger partial charge in [-0.25, -0.2) is 4.68 Å². The summed E-state index contributed by atoms with van der Waals surface area (Å²) >= 11 is 0. The summed E-state index contributed by atoms with van der Waals surface area (Å²) in [6.45, 7) is 7.00. The second kappa shape index (κ2) is 5.71. The number of carbonyl (C=O) groups is 1. The van der Waals surface area contributed by atoms with E-state index in [9.17, 15) is 14.9 Å². The van der Waals surface area contributed by atoms with Crippen LogP contribution >= 0.6 is 0 Å². The highest BCUT2D eigenvalue weighted by Crippen LogP contribution is 2.36. The fourth-order valence-corrected chi connectivity index (χ4v) is 2.91. The third-order valence-corrected chi connectivity index (χ3v) is 3.97. The maximum absolute atomic E-state index is 11.8. The number of methoxy groups -OCH3 is 1. The Morgan fingerprint density at radius 3 is 2.71 bits per heavy atom. The van der Waals surface area contributed by atoms with Crippen LogP contribution in [0.15, 0.2) is 0 Å². The van der Waals surface area contributed by atoms with Gasteiger partial charge in [-0.1, -0.05) is 6.92 Å². The summed E-state index contributed by atoms with van der Waals surface area (Å²) in [6, 6.07) is 0. The van der Waals surface area contributed by atoms with Crippen LogP contribution in [-0.2, 0) is 16.1 Å². The zero-order valence-corrected chi connectivity index (χ0v) is 12.7. The van der Waals surface area contributed by atoms with Gasteiger partial charge < -0.3 is 9.64 Å². The Morgan fingerprint density at radius 2 is 2.19 bits per heavy atom. The third-order valence-electron chi connectivity index (χ3n) is 3.97. The van der Waals surface area contributed by atoms with Crippen LogP contribution in [0.5, 0.6) is 0 Å². The Morgan fingerprint density at radius 1 is 1.52 bits per heavy atom. The summed E-state index contributed by atoms with van der Waals surface area (Å²) in [6.07, 6.45) is 0. The molecule has 1 aromatic rings. The molecular weight excluding hydrogens is 276 g/mol. The molecule has 0 spiro atoms. The molecule has 1 aromatic heterocycles. The van der Waals surface area contributed by atoms with Gasteiger partial charge in [0.2, 0.25) is 5.82 Å². The van der Waals surface area contributed by atoms with E-state index >= 15 is 0 Å². The first-order chi connectivity index (χ1) is 9.90. The van der Waals surface area contributed by atoms with Crippen LogP contribution in [0.3, 0.4) is 0 Å². The molecule has 116 valence electrons. The third kappa shape index (κ3) is 2.57. The van der Waals surface area contributed by atoms with Gasteiger partial charge in [0.1, 0.15) is 5.69 Å². The summed E-state index contributed by atoms with van der Waals surface area (Å²) in [5.74, 6) is 0.0258. The van der Waals surface area contributed by atoms with E-state index in [2.05, 4.69) is 5.10 Å². The number of nitro groups is 1. The van der Waals surface area contributed by atoms with E-state index in [1.165, 1.54) is 7.11 Å². The van der Waals surface area contributed by atoms with Gasteiger partial charge in [-0.3, -0.25) is 14.9 Å². The molecule has 0 amide bonds. The first kappa shape index (κ1) is 15.3. The van der Waals surface area contributed by atoms with Crippen molar-refractivity contribution >= 4 is 17.5 Å². The highest BCUT2D eigenvalue weighted by Gasteiger charge is 2.40. The largest absolute Gasteiger partial charge is 0.469 e. The number of carbonyl (C=O) groups excluding carboxylic acids is 1. The minimum Gasteiger partial charge on any atom is -0.469 e. The Hall–Kier alpha value is -2.12. The van der Waals surface area contributed by atoms with Crippen molar-refractivity contribution in [3.63, 3.8) is 0 Å². The lowest BCUT2D eigenvalue weighted by molar-refractivity contribution is -0.384. The van der Waals surface area contributed by atoms with Gasteiger partial charge in [0.05, 0.1) is 18.0 Å². The predicted molar refractivity (Wildman–Crippen MR) is 76.2 cm³/mol. The van der Waals surface area contributed by atoms with Gasteiger partial charge in [0, 0.05) is 19.6 Å². The number of hydrogen-bond donors (Lipinski definition) is 0. The highest BCUT2D eigenvalue weighted by atomic mass is 16.6. The Kier molecular flexibility index (Phi) is 4.15. The summed E-state index contributed by atoms with van der Waals surface area (Å²) in [5.41, 5.74) is 0.417. The van der Waals surface area contributed by atoms with Crippen molar-refractivity contribution in [3.05, 3.63) is 15.8 Å². The van der Waals surface area contributed by atoms with Gasteiger partial charge in [0.25, 0.3) is 0 Å². The van der Waals surface area contributed by atoms with Crippen LogP contribution in [0, 0.1) is 28.9 Å². The number of nitrogens with zero attached hydrogens (tertiary/aromatic N) is 4. The molecule has 8 heteroatoms. The molecule has 1 fully saturated rings. The summed E-state index contributed by atoms with van der Waals surface area (Å²) in [7, 11) is 1.36. The number of rotatable bonds is 4. The standard InChI is InChI=1S/C13H20N4O4/c1-5-16-12(11(17(19)20)9(3)14-16)15-6-8(2)10(7-15)13(18)21-4/h8,10H,5-7H2,1-4H3. The van der Waals surface area contributed by atoms with Crippen LogP contribution in [-0.4, -0.2) is 40.9 Å². The van der Waals surface area contributed by atoms with Crippen molar-refractivity contribution in [3.8, 4) is 0 Å². The zero-order valence-electron chi connectivity index (χ0n) is 12.7. The number of anilines is 1. The molecule has 0 bridgehead atoms. The molecule has 21 heavy (non-hydrogen) atoms. The van der Waals surface area contributed by atoms with E-state index in [-0.39, 0.29) is 23.5 Å². The molecule has 1 aliphatic heterocycles. The second-order valence-electron chi connectivity index (χ2n) is 5.34. The Balaban J connectivity index is 2.39. The van der Waals surface area contributed by atoms with Gasteiger partial charge in [-0.05, 0) is 19.8 Å². The monoisotopic (exact) mass is 296 g/mol. The molecule has 0 aromatic carbocycles. The number of aromatic nitrogens is 2. The van der Waals surface area contributed by atoms with Crippen LogP contribution in [0.25, 0.3) is 0 Å². The van der Waals surface area contributed by atoms with Gasteiger partial charge in [0.15, 0.2) is 0 Å². The lowest BCUT2D eigenvalue weighted by Crippen LogP contribution is -2.26. The maximum atomic E-state index is 11.8. The van der Waals surface area contributed by atoms with E-state index in [1.54, 1.807) is 11.6 Å². The summed E-state index contributed by atoms with van der Waals surface area (Å²) in [4.78, 5) is 24.6. The molecule has 1 saturated heterocycles. The van der Waals surface area contributed by atoms with E-state index in [0.717, 1.165) is 0 Å². The summed E-state index contributed by atoms with van der Waals surface area (Å²) < 4.78 is 6.43. The lowest BCUT2D eigenvalue weighted by atomic mass is 9.99. The quantitative estimate of drug-likeness (QED) is 0.473. The van der Waals surface area contributed by atoms with Gasteiger partial charge in [-0.15, -0.1) is 0 Å². The first-order valence-corrected chi connectivity index (χ1v) is 6.95. The second-order valence-corrected chi connectivity index (χ2v) is 5.34. The highest BCUT2D eigenvalue weighted by molar-refractivity contribution is 5.75. The molecule has 0 N–H and O–H groups in total. The van der Waals surface area contributed by atoms with Crippen molar-refractivity contribution in [1.82, 2.24) is 9.78 Å². The molecule has 2 heterocycles. The average molecular weight is 296 g/mol. The molecule has 0 radical (unpaired) electrons. The number of aryl methyl sites for hydroxylation is 2. The molecule has 0 aliphatic carbocycles. The average Bonchev–Trinajstić information content (AvgIpc) is 2.97. The Labute approximate surface area is 122 Å². The van der Waals surface area contributed by atoms with E-state index in [4.69, 9.17) is 4.74 Å². The molecule has 0 saturated carbocycles. The van der Waals surface area contributed by atoms with Gasteiger partial charge >= 0.3 is 11.7 Å². The molecule has 1 aliphatic rings. The molecule has 2 rings (SSSR count). The van der Waals surface area contributed by atoms with Crippen molar-refractivity contribution < 1.29 is 14.5 Å². The smallest absolute Gasteiger partial charge is 0.333 e. The lowest BCUT2D eigenvalue weighted by Gasteiger charge is -2.18.